The molecule has 0 aliphatic heterocycles. The first-order chi connectivity index (χ1) is 8.19. The van der Waals surface area contributed by atoms with Crippen molar-refractivity contribution in [3.63, 3.8) is 0 Å². The van der Waals surface area contributed by atoms with Crippen LogP contribution in [0.2, 0.25) is 0 Å². The van der Waals surface area contributed by atoms with E-state index in [2.05, 4.69) is 5.32 Å². The van der Waals surface area contributed by atoms with Crippen molar-refractivity contribution in [3.05, 3.63) is 29.8 Å². The van der Waals surface area contributed by atoms with Gasteiger partial charge in [0, 0.05) is 11.9 Å². The minimum absolute atomic E-state index is 0.118. The summed E-state index contributed by atoms with van der Waals surface area (Å²) in [6.45, 7) is 2.61. The van der Waals surface area contributed by atoms with Gasteiger partial charge in [0.05, 0.1) is 12.7 Å². The molecular formula is C13H18ClNO2. The van der Waals surface area contributed by atoms with Crippen LogP contribution in [0.5, 0.6) is 5.75 Å². The first-order valence-corrected chi connectivity index (χ1v) is 6.18. The van der Waals surface area contributed by atoms with Gasteiger partial charge in [-0.05, 0) is 25.0 Å². The van der Waals surface area contributed by atoms with Gasteiger partial charge >= 0.3 is 0 Å². The monoisotopic (exact) mass is 255 g/mol. The quantitative estimate of drug-likeness (QED) is 0.794. The summed E-state index contributed by atoms with van der Waals surface area (Å²) in [4.78, 5) is 11.9. The lowest BCUT2D eigenvalue weighted by Gasteiger charge is -2.10. The van der Waals surface area contributed by atoms with Crippen LogP contribution in [0.1, 0.15) is 30.1 Å². The lowest BCUT2D eigenvalue weighted by Crippen LogP contribution is -2.26. The molecule has 1 amide bonds. The van der Waals surface area contributed by atoms with E-state index in [1.807, 2.05) is 19.1 Å². The van der Waals surface area contributed by atoms with Crippen LogP contribution in [0.4, 0.5) is 0 Å². The third kappa shape index (κ3) is 4.27. The lowest BCUT2D eigenvalue weighted by atomic mass is 10.2. The van der Waals surface area contributed by atoms with Gasteiger partial charge < -0.3 is 10.1 Å². The van der Waals surface area contributed by atoms with Crippen LogP contribution in [0.25, 0.3) is 0 Å². The second-order valence-electron chi connectivity index (χ2n) is 3.75. The van der Waals surface area contributed by atoms with Crippen molar-refractivity contribution in [2.45, 2.75) is 25.1 Å². The molecule has 0 bridgehead atoms. The largest absolute Gasteiger partial charge is 0.496 e. The van der Waals surface area contributed by atoms with Crippen molar-refractivity contribution in [1.29, 1.82) is 0 Å². The molecule has 0 heterocycles. The Balaban J connectivity index is 2.52. The average Bonchev–Trinajstić information content (AvgIpc) is 2.38. The van der Waals surface area contributed by atoms with Crippen LogP contribution < -0.4 is 10.1 Å². The van der Waals surface area contributed by atoms with Crippen molar-refractivity contribution in [1.82, 2.24) is 5.32 Å². The van der Waals surface area contributed by atoms with Crippen LogP contribution in [0.15, 0.2) is 24.3 Å². The zero-order valence-corrected chi connectivity index (χ0v) is 11.0. The van der Waals surface area contributed by atoms with Crippen LogP contribution in [0, 0.1) is 0 Å². The van der Waals surface area contributed by atoms with Crippen molar-refractivity contribution in [2.75, 3.05) is 13.7 Å². The molecule has 1 rings (SSSR count). The molecular weight excluding hydrogens is 238 g/mol. The number of rotatable bonds is 6. The zero-order valence-electron chi connectivity index (χ0n) is 10.2. The molecule has 0 fully saturated rings. The number of hydrogen-bond acceptors (Lipinski definition) is 2. The van der Waals surface area contributed by atoms with Crippen LogP contribution in [0.3, 0.4) is 0 Å². The standard InChI is InChI=1S/C13H18ClNO2/c1-3-10(14)8-9-15-13(16)11-6-4-5-7-12(11)17-2/h4-7,10H,3,8-9H2,1-2H3,(H,15,16). The third-order valence-electron chi connectivity index (χ3n) is 2.54. The SMILES string of the molecule is CCC(Cl)CCNC(=O)c1ccccc1OC. The Hall–Kier alpha value is -1.22. The number of halogens is 1. The molecule has 4 heteroatoms. The molecule has 3 nitrogen and oxygen atoms in total. The summed E-state index contributed by atoms with van der Waals surface area (Å²) in [5.41, 5.74) is 0.553. The van der Waals surface area contributed by atoms with Crippen LogP contribution in [-0.4, -0.2) is 24.9 Å². The fraction of sp³-hybridized carbons (Fsp3) is 0.462. The summed E-state index contributed by atoms with van der Waals surface area (Å²) in [6, 6.07) is 7.16. The number of nitrogens with one attached hydrogen (secondary N) is 1. The molecule has 1 atom stereocenters. The molecule has 17 heavy (non-hydrogen) atoms. The summed E-state index contributed by atoms with van der Waals surface area (Å²) in [6.07, 6.45) is 1.69. The summed E-state index contributed by atoms with van der Waals surface area (Å²) >= 11 is 5.98. The number of benzene rings is 1. The fourth-order valence-electron chi connectivity index (χ4n) is 1.47. The Morgan fingerprint density at radius 2 is 2.18 bits per heavy atom. The number of methoxy groups -OCH3 is 1. The first kappa shape index (κ1) is 13.8. The van der Waals surface area contributed by atoms with Gasteiger partial charge in [-0.25, -0.2) is 0 Å². The summed E-state index contributed by atoms with van der Waals surface area (Å²) < 4.78 is 5.13. The Morgan fingerprint density at radius 3 is 2.82 bits per heavy atom. The minimum Gasteiger partial charge on any atom is -0.496 e. The maximum Gasteiger partial charge on any atom is 0.255 e. The zero-order chi connectivity index (χ0) is 12.7. The second-order valence-corrected chi connectivity index (χ2v) is 4.37. The molecule has 1 aromatic carbocycles. The van der Waals surface area contributed by atoms with Gasteiger partial charge in [-0.15, -0.1) is 11.6 Å². The van der Waals surface area contributed by atoms with E-state index >= 15 is 0 Å². The van der Waals surface area contributed by atoms with Crippen molar-refractivity contribution in [2.24, 2.45) is 0 Å². The number of hydrogen-bond donors (Lipinski definition) is 1. The molecule has 0 spiro atoms. The second kappa shape index (κ2) is 7.17. The van der Waals surface area contributed by atoms with Gasteiger partial charge in [0.1, 0.15) is 5.75 Å². The molecule has 0 radical (unpaired) electrons. The van der Waals surface area contributed by atoms with E-state index in [4.69, 9.17) is 16.3 Å². The smallest absolute Gasteiger partial charge is 0.255 e. The van der Waals surface area contributed by atoms with Crippen molar-refractivity contribution < 1.29 is 9.53 Å². The van der Waals surface area contributed by atoms with Crippen LogP contribution >= 0.6 is 11.6 Å². The van der Waals surface area contributed by atoms with Gasteiger partial charge in [0.15, 0.2) is 0 Å². The summed E-state index contributed by atoms with van der Waals surface area (Å²) in [5.74, 6) is 0.463. The average molecular weight is 256 g/mol. The van der Waals surface area contributed by atoms with E-state index in [0.29, 0.717) is 17.9 Å². The van der Waals surface area contributed by atoms with E-state index < -0.39 is 0 Å². The van der Waals surface area contributed by atoms with Gasteiger partial charge in [0.25, 0.3) is 5.91 Å². The first-order valence-electron chi connectivity index (χ1n) is 5.74. The van der Waals surface area contributed by atoms with Gasteiger partial charge in [-0.3, -0.25) is 4.79 Å². The van der Waals surface area contributed by atoms with Crippen molar-refractivity contribution >= 4 is 17.5 Å². The highest BCUT2D eigenvalue weighted by Gasteiger charge is 2.11. The van der Waals surface area contributed by atoms with E-state index in [1.165, 1.54) is 0 Å². The van der Waals surface area contributed by atoms with Gasteiger partial charge in [0.2, 0.25) is 0 Å². The molecule has 94 valence electrons. The molecule has 0 saturated carbocycles. The maximum atomic E-state index is 11.9. The highest BCUT2D eigenvalue weighted by Crippen LogP contribution is 2.16. The van der Waals surface area contributed by atoms with E-state index in [-0.39, 0.29) is 11.3 Å². The fourth-order valence-corrected chi connectivity index (χ4v) is 1.58. The van der Waals surface area contributed by atoms with Gasteiger partial charge in [-0.1, -0.05) is 19.1 Å². The van der Waals surface area contributed by atoms with E-state index in [1.54, 1.807) is 19.2 Å². The molecule has 0 aromatic heterocycles. The number of amides is 1. The number of ether oxygens (including phenoxy) is 1. The van der Waals surface area contributed by atoms with Crippen LogP contribution in [-0.2, 0) is 0 Å². The van der Waals surface area contributed by atoms with Gasteiger partial charge in [-0.2, -0.15) is 0 Å². The summed E-state index contributed by atoms with van der Waals surface area (Å²) in [5, 5.41) is 2.95. The Kier molecular flexibility index (Phi) is 5.84. The molecule has 1 aromatic rings. The molecule has 1 N–H and O–H groups in total. The topological polar surface area (TPSA) is 38.3 Å². The number of carbonyl (C=O) groups excluding carboxylic acids is 1. The minimum atomic E-state index is -0.123. The summed E-state index contributed by atoms with van der Waals surface area (Å²) in [7, 11) is 1.55. The molecule has 1 unspecified atom stereocenters. The molecule has 0 saturated heterocycles. The predicted molar refractivity (Wildman–Crippen MR) is 69.9 cm³/mol. The number of carbonyl (C=O) groups is 1. The maximum absolute atomic E-state index is 11.9. The Labute approximate surface area is 107 Å². The van der Waals surface area contributed by atoms with E-state index in [0.717, 1.165) is 12.8 Å². The highest BCUT2D eigenvalue weighted by atomic mass is 35.5. The number of alkyl halides is 1. The molecule has 0 aliphatic carbocycles. The Bertz CT molecular complexity index is 368. The number of para-hydroxylation sites is 1. The lowest BCUT2D eigenvalue weighted by molar-refractivity contribution is 0.0950. The van der Waals surface area contributed by atoms with Crippen molar-refractivity contribution in [3.8, 4) is 5.75 Å². The Morgan fingerprint density at radius 1 is 1.47 bits per heavy atom. The highest BCUT2D eigenvalue weighted by molar-refractivity contribution is 6.20. The van der Waals surface area contributed by atoms with E-state index in [9.17, 15) is 4.79 Å². The molecule has 0 aliphatic rings. The normalized spacial score (nSPS) is 11.9. The predicted octanol–water partition coefficient (Wildman–Crippen LogP) is 2.83. The third-order valence-corrected chi connectivity index (χ3v) is 3.06.